The minimum atomic E-state index is -0.195. The second kappa shape index (κ2) is 13.1. The van der Waals surface area contributed by atoms with Crippen molar-refractivity contribution in [3.05, 3.63) is 131 Å². The second-order valence-corrected chi connectivity index (χ2v) is 10.9. The highest BCUT2D eigenvalue weighted by Crippen LogP contribution is 2.26. The lowest BCUT2D eigenvalue weighted by atomic mass is 10.1. The van der Waals surface area contributed by atoms with Crippen LogP contribution in [0.15, 0.2) is 108 Å². The van der Waals surface area contributed by atoms with Crippen LogP contribution < -0.4 is 10.6 Å². The van der Waals surface area contributed by atoms with Crippen molar-refractivity contribution in [2.24, 2.45) is 7.05 Å². The Morgan fingerprint density at radius 2 is 1.60 bits per heavy atom. The van der Waals surface area contributed by atoms with Crippen molar-refractivity contribution in [1.29, 1.82) is 0 Å². The summed E-state index contributed by atoms with van der Waals surface area (Å²) < 4.78 is 1.95. The van der Waals surface area contributed by atoms with Gasteiger partial charge in [0, 0.05) is 41.4 Å². The van der Waals surface area contributed by atoms with Gasteiger partial charge in [0.2, 0.25) is 5.91 Å². The molecule has 8 heteroatoms. The molecule has 0 radical (unpaired) electrons. The predicted octanol–water partition coefficient (Wildman–Crippen LogP) is 7.30. The number of rotatable bonds is 9. The van der Waals surface area contributed by atoms with Gasteiger partial charge < -0.3 is 15.2 Å². The fourth-order valence-corrected chi connectivity index (χ4v) is 5.23. The summed E-state index contributed by atoms with van der Waals surface area (Å²) in [5, 5.41) is 15.4. The van der Waals surface area contributed by atoms with E-state index >= 15 is 0 Å². The van der Waals surface area contributed by atoms with Crippen molar-refractivity contribution in [2.75, 3.05) is 10.6 Å². The van der Waals surface area contributed by atoms with Gasteiger partial charge >= 0.3 is 0 Å². The SMILES string of the molecule is Cc1ccc(NC(=O)c2ccc(CSc3nnc(-c4ccc(NC(=O)C=Cc5ccccc5)cc4)n3C)cc2)c(C)c1. The molecular formula is C34H31N5O2S. The van der Waals surface area contributed by atoms with E-state index in [1.807, 2.05) is 116 Å². The normalized spacial score (nSPS) is 11.0. The average Bonchev–Trinajstić information content (AvgIpc) is 3.37. The number of hydrogen-bond acceptors (Lipinski definition) is 5. The van der Waals surface area contributed by atoms with Crippen LogP contribution in [0.2, 0.25) is 0 Å². The van der Waals surface area contributed by atoms with Crippen LogP contribution in [0.1, 0.15) is 32.6 Å². The summed E-state index contributed by atoms with van der Waals surface area (Å²) in [7, 11) is 1.93. The molecule has 0 atom stereocenters. The Morgan fingerprint density at radius 3 is 2.31 bits per heavy atom. The summed E-state index contributed by atoms with van der Waals surface area (Å²) in [5.41, 5.74) is 7.26. The third kappa shape index (κ3) is 7.21. The lowest BCUT2D eigenvalue weighted by molar-refractivity contribution is -0.111. The van der Waals surface area contributed by atoms with Gasteiger partial charge in [0.15, 0.2) is 11.0 Å². The number of thioether (sulfide) groups is 1. The first kappa shape index (κ1) is 28.6. The maximum atomic E-state index is 12.7. The highest BCUT2D eigenvalue weighted by atomic mass is 32.2. The van der Waals surface area contributed by atoms with Gasteiger partial charge in [-0.2, -0.15) is 0 Å². The van der Waals surface area contributed by atoms with Gasteiger partial charge in [-0.3, -0.25) is 9.59 Å². The minimum Gasteiger partial charge on any atom is -0.323 e. The van der Waals surface area contributed by atoms with E-state index in [9.17, 15) is 9.59 Å². The van der Waals surface area contributed by atoms with E-state index in [1.165, 1.54) is 6.08 Å². The van der Waals surface area contributed by atoms with E-state index in [2.05, 4.69) is 26.9 Å². The number of aromatic nitrogens is 3. The van der Waals surface area contributed by atoms with Crippen LogP contribution >= 0.6 is 11.8 Å². The number of carbonyl (C=O) groups is 2. The Labute approximate surface area is 249 Å². The molecule has 0 spiro atoms. The van der Waals surface area contributed by atoms with Gasteiger partial charge in [-0.15, -0.1) is 10.2 Å². The highest BCUT2D eigenvalue weighted by Gasteiger charge is 2.13. The van der Waals surface area contributed by atoms with Crippen molar-refractivity contribution < 1.29 is 9.59 Å². The van der Waals surface area contributed by atoms with Gasteiger partial charge in [-0.05, 0) is 79.1 Å². The Kier molecular flexibility index (Phi) is 8.94. The maximum Gasteiger partial charge on any atom is 0.255 e. The van der Waals surface area contributed by atoms with Gasteiger partial charge in [-0.25, -0.2) is 0 Å². The predicted molar refractivity (Wildman–Crippen MR) is 170 cm³/mol. The molecule has 42 heavy (non-hydrogen) atoms. The zero-order valence-corrected chi connectivity index (χ0v) is 24.5. The van der Waals surface area contributed by atoms with Crippen LogP contribution in [0.5, 0.6) is 0 Å². The van der Waals surface area contributed by atoms with Crippen molar-refractivity contribution in [2.45, 2.75) is 24.8 Å². The molecule has 2 N–H and O–H groups in total. The van der Waals surface area contributed by atoms with Crippen molar-refractivity contribution in [3.8, 4) is 11.4 Å². The number of amides is 2. The van der Waals surface area contributed by atoms with Gasteiger partial charge in [-0.1, -0.05) is 71.9 Å². The van der Waals surface area contributed by atoms with Crippen LogP contribution in [0.25, 0.3) is 17.5 Å². The molecule has 2 amide bonds. The molecule has 0 saturated carbocycles. The first-order valence-corrected chi connectivity index (χ1v) is 14.5. The summed E-state index contributed by atoms with van der Waals surface area (Å²) in [6, 6.07) is 30.8. The highest BCUT2D eigenvalue weighted by molar-refractivity contribution is 7.98. The largest absolute Gasteiger partial charge is 0.323 e. The lowest BCUT2D eigenvalue weighted by Crippen LogP contribution is -2.12. The smallest absolute Gasteiger partial charge is 0.255 e. The zero-order chi connectivity index (χ0) is 29.5. The molecular weight excluding hydrogens is 542 g/mol. The summed E-state index contributed by atoms with van der Waals surface area (Å²) in [5.74, 6) is 1.09. The molecule has 1 aromatic heterocycles. The second-order valence-electron chi connectivity index (χ2n) is 9.93. The van der Waals surface area contributed by atoms with Crippen LogP contribution in [0, 0.1) is 13.8 Å². The van der Waals surface area contributed by atoms with Crippen LogP contribution in [-0.2, 0) is 17.6 Å². The van der Waals surface area contributed by atoms with Crippen LogP contribution in [0.3, 0.4) is 0 Å². The van der Waals surface area contributed by atoms with E-state index in [1.54, 1.807) is 17.8 Å². The summed E-state index contributed by atoms with van der Waals surface area (Å²) in [4.78, 5) is 25.0. The summed E-state index contributed by atoms with van der Waals surface area (Å²) in [6.45, 7) is 4.02. The number of anilines is 2. The molecule has 0 aliphatic rings. The molecule has 7 nitrogen and oxygen atoms in total. The number of nitrogens with zero attached hydrogens (tertiary/aromatic N) is 3. The molecule has 0 unspecified atom stereocenters. The molecule has 4 aromatic carbocycles. The number of carbonyl (C=O) groups excluding carboxylic acids is 2. The molecule has 0 aliphatic carbocycles. The van der Waals surface area contributed by atoms with E-state index in [-0.39, 0.29) is 11.8 Å². The zero-order valence-electron chi connectivity index (χ0n) is 23.7. The van der Waals surface area contributed by atoms with E-state index in [0.29, 0.717) is 17.0 Å². The molecule has 0 aliphatic heterocycles. The fraction of sp³-hybridized carbons (Fsp3) is 0.118. The standard InChI is InChI=1S/C34H31N5O2S/c1-23-9-19-30(24(2)21-23)36-33(41)28-13-10-26(11-14-28)22-42-34-38-37-32(39(34)3)27-15-17-29(18-16-27)35-31(40)20-12-25-7-5-4-6-8-25/h4-21H,22H2,1-3H3,(H,35,40)(H,36,41). The van der Waals surface area contributed by atoms with Crippen LogP contribution in [-0.4, -0.2) is 26.6 Å². The van der Waals surface area contributed by atoms with Gasteiger partial charge in [0.25, 0.3) is 5.91 Å². The fourth-order valence-electron chi connectivity index (χ4n) is 4.36. The molecule has 5 rings (SSSR count). The number of benzene rings is 4. The Bertz CT molecular complexity index is 1730. The van der Waals surface area contributed by atoms with Gasteiger partial charge in [0.1, 0.15) is 0 Å². The first-order chi connectivity index (χ1) is 20.4. The Balaban J connectivity index is 1.15. The van der Waals surface area contributed by atoms with E-state index < -0.39 is 0 Å². The molecule has 0 fully saturated rings. The summed E-state index contributed by atoms with van der Waals surface area (Å²) >= 11 is 1.58. The lowest BCUT2D eigenvalue weighted by Gasteiger charge is -2.10. The minimum absolute atomic E-state index is 0.131. The summed E-state index contributed by atoms with van der Waals surface area (Å²) in [6.07, 6.45) is 3.30. The van der Waals surface area contributed by atoms with Crippen molar-refractivity contribution in [3.63, 3.8) is 0 Å². The maximum absolute atomic E-state index is 12.7. The Hall–Kier alpha value is -4.95. The topological polar surface area (TPSA) is 88.9 Å². The van der Waals surface area contributed by atoms with Crippen LogP contribution in [0.4, 0.5) is 11.4 Å². The third-order valence-electron chi connectivity index (χ3n) is 6.69. The quantitative estimate of drug-likeness (QED) is 0.143. The molecule has 0 saturated heterocycles. The molecule has 210 valence electrons. The van der Waals surface area contributed by atoms with E-state index in [4.69, 9.17) is 0 Å². The average molecular weight is 574 g/mol. The monoisotopic (exact) mass is 573 g/mol. The third-order valence-corrected chi connectivity index (χ3v) is 7.78. The number of nitrogens with one attached hydrogen (secondary N) is 2. The Morgan fingerprint density at radius 1 is 0.857 bits per heavy atom. The van der Waals surface area contributed by atoms with Gasteiger partial charge in [0.05, 0.1) is 0 Å². The van der Waals surface area contributed by atoms with E-state index in [0.717, 1.165) is 44.5 Å². The molecule has 0 bridgehead atoms. The van der Waals surface area contributed by atoms with Crippen molar-refractivity contribution >= 4 is 41.0 Å². The molecule has 1 heterocycles. The van der Waals surface area contributed by atoms with Crippen molar-refractivity contribution in [1.82, 2.24) is 14.8 Å². The number of hydrogen-bond donors (Lipinski definition) is 2. The molecule has 5 aromatic rings. The number of aryl methyl sites for hydroxylation is 2. The first-order valence-electron chi connectivity index (χ1n) is 13.5.